The highest BCUT2D eigenvalue weighted by Crippen LogP contribution is 2.42. The molecule has 1 aliphatic carbocycles. The number of hydrogen-bond acceptors (Lipinski definition) is 7. The van der Waals surface area contributed by atoms with Gasteiger partial charge in [-0.05, 0) is 117 Å². The first kappa shape index (κ1) is 33.9. The van der Waals surface area contributed by atoms with Crippen LogP contribution in [0.5, 0.6) is 5.75 Å². The van der Waals surface area contributed by atoms with Gasteiger partial charge in [-0.15, -0.1) is 10.2 Å². The Hall–Kier alpha value is -3.96. The second-order valence-electron chi connectivity index (χ2n) is 14.8. The average Bonchev–Trinajstić information content (AvgIpc) is 3.59. The number of carbonyl (C=O) groups excluding carboxylic acids is 1. The summed E-state index contributed by atoms with van der Waals surface area (Å²) in [5.74, 6) is 2.00. The van der Waals surface area contributed by atoms with E-state index in [9.17, 15) is 13.2 Å². The fourth-order valence-corrected chi connectivity index (χ4v) is 7.80. The van der Waals surface area contributed by atoms with Crippen LogP contribution in [0.2, 0.25) is 0 Å². The van der Waals surface area contributed by atoms with Crippen molar-refractivity contribution in [3.63, 3.8) is 0 Å². The largest absolute Gasteiger partial charge is 0.484 e. The molecule has 2 aliphatic rings. The number of benzene rings is 2. The fourth-order valence-electron chi connectivity index (χ4n) is 7.25. The first-order valence-electron chi connectivity index (χ1n) is 16.9. The molecule has 1 saturated heterocycles. The maximum absolute atomic E-state index is 13.0. The smallest absolute Gasteiger partial charge is 0.229 e. The Bertz CT molecular complexity index is 1920. The number of fused-ring (bicyclic) bond motifs is 2. The molecule has 1 aliphatic heterocycles. The lowest BCUT2D eigenvalue weighted by Gasteiger charge is -2.32. The van der Waals surface area contributed by atoms with Gasteiger partial charge in [-0.3, -0.25) is 18.8 Å². The summed E-state index contributed by atoms with van der Waals surface area (Å²) in [6, 6.07) is 17.9. The minimum atomic E-state index is -3.45. The molecule has 2 aromatic carbocycles. The third kappa shape index (κ3) is 7.37. The lowest BCUT2D eigenvalue weighted by atomic mass is 9.79. The van der Waals surface area contributed by atoms with Crippen LogP contribution in [0.15, 0.2) is 60.8 Å². The molecule has 6 rings (SSSR count). The van der Waals surface area contributed by atoms with Crippen LogP contribution in [-0.4, -0.2) is 53.7 Å². The summed E-state index contributed by atoms with van der Waals surface area (Å²) in [6.45, 7) is 9.45. The number of pyridine rings is 1. The monoisotopic (exact) mass is 672 g/mol. The Morgan fingerprint density at radius 1 is 1.04 bits per heavy atom. The Labute approximate surface area is 284 Å². The van der Waals surface area contributed by atoms with E-state index in [4.69, 9.17) is 4.74 Å². The number of sulfonamides is 1. The Morgan fingerprint density at radius 2 is 1.79 bits per heavy atom. The van der Waals surface area contributed by atoms with Crippen LogP contribution in [0.25, 0.3) is 5.65 Å². The molecule has 2 aromatic heterocycles. The molecule has 1 fully saturated rings. The molecule has 11 heteroatoms. The summed E-state index contributed by atoms with van der Waals surface area (Å²) in [4.78, 5) is 15.4. The van der Waals surface area contributed by atoms with Crippen molar-refractivity contribution >= 4 is 33.0 Å². The van der Waals surface area contributed by atoms with Crippen molar-refractivity contribution in [2.75, 3.05) is 29.9 Å². The highest BCUT2D eigenvalue weighted by atomic mass is 32.2. The third-order valence-electron chi connectivity index (χ3n) is 10.0. The second kappa shape index (κ2) is 13.2. The summed E-state index contributed by atoms with van der Waals surface area (Å²) in [5.41, 5.74) is 4.89. The molecular weight excluding hydrogens is 625 g/mol. The molecule has 10 nitrogen and oxygen atoms in total. The van der Waals surface area contributed by atoms with Crippen LogP contribution in [0.3, 0.4) is 0 Å². The maximum Gasteiger partial charge on any atom is 0.229 e. The van der Waals surface area contributed by atoms with Crippen molar-refractivity contribution in [3.05, 3.63) is 83.3 Å². The zero-order valence-corrected chi connectivity index (χ0v) is 29.7. The highest BCUT2D eigenvalue weighted by Gasteiger charge is 2.39. The van der Waals surface area contributed by atoms with E-state index in [-0.39, 0.29) is 23.0 Å². The molecule has 3 atom stereocenters. The van der Waals surface area contributed by atoms with E-state index in [1.807, 2.05) is 30.5 Å². The number of nitrogens with zero attached hydrogens (tertiary/aromatic N) is 4. The zero-order chi connectivity index (χ0) is 34.3. The summed E-state index contributed by atoms with van der Waals surface area (Å²) in [5, 5.41) is 12.0. The van der Waals surface area contributed by atoms with Crippen LogP contribution in [0, 0.1) is 0 Å². The normalized spacial score (nSPS) is 21.6. The minimum Gasteiger partial charge on any atom is -0.484 e. The number of likely N-dealkylation sites (tertiary alicyclic amines) is 1. The third-order valence-corrected chi connectivity index (χ3v) is 10.6. The van der Waals surface area contributed by atoms with E-state index in [1.54, 1.807) is 6.07 Å². The first-order chi connectivity index (χ1) is 22.7. The SMILES string of the molecule is CN1CCC[C@]1(C)c1nnc2ccc(O[C@@H]3CC[C@H](CCCC(=O)Nc4cc(NS(C)(=O)=O)cc(C(C)(C)C)c4)c4ccccc43)cn12. The molecule has 0 spiro atoms. The van der Waals surface area contributed by atoms with Gasteiger partial charge in [-0.25, -0.2) is 8.42 Å². The second-order valence-corrected chi connectivity index (χ2v) is 16.5. The molecule has 0 bridgehead atoms. The molecule has 1 amide bonds. The number of amides is 1. The Kier molecular flexibility index (Phi) is 9.30. The van der Waals surface area contributed by atoms with Crippen molar-refractivity contribution in [1.82, 2.24) is 19.5 Å². The van der Waals surface area contributed by atoms with Gasteiger partial charge in [-0.2, -0.15) is 0 Å². The quantitative estimate of drug-likeness (QED) is 0.184. The number of anilines is 2. The number of carbonyl (C=O) groups is 1. The summed E-state index contributed by atoms with van der Waals surface area (Å²) in [6.07, 6.45) is 9.14. The van der Waals surface area contributed by atoms with Crippen LogP contribution in [0.1, 0.15) is 107 Å². The number of rotatable bonds is 10. The summed E-state index contributed by atoms with van der Waals surface area (Å²) in [7, 11) is -1.30. The van der Waals surface area contributed by atoms with Crippen LogP contribution < -0.4 is 14.8 Å². The van der Waals surface area contributed by atoms with Gasteiger partial charge in [0.1, 0.15) is 11.9 Å². The van der Waals surface area contributed by atoms with Gasteiger partial charge in [0.2, 0.25) is 15.9 Å². The van der Waals surface area contributed by atoms with Gasteiger partial charge in [-0.1, -0.05) is 45.0 Å². The molecule has 0 radical (unpaired) electrons. The van der Waals surface area contributed by atoms with Crippen molar-refractivity contribution in [1.29, 1.82) is 0 Å². The van der Waals surface area contributed by atoms with Crippen molar-refractivity contribution in [2.24, 2.45) is 0 Å². The summed E-state index contributed by atoms with van der Waals surface area (Å²) < 4.78 is 35.1. The number of hydrogen-bond donors (Lipinski definition) is 2. The van der Waals surface area contributed by atoms with E-state index in [2.05, 4.69) is 88.5 Å². The van der Waals surface area contributed by atoms with Gasteiger partial charge in [0.25, 0.3) is 0 Å². The van der Waals surface area contributed by atoms with E-state index in [1.165, 1.54) is 11.1 Å². The Balaban J connectivity index is 1.10. The Morgan fingerprint density at radius 3 is 2.50 bits per heavy atom. The van der Waals surface area contributed by atoms with Crippen LogP contribution >= 0.6 is 0 Å². The van der Waals surface area contributed by atoms with Crippen molar-refractivity contribution in [2.45, 2.75) is 95.6 Å². The molecule has 4 aromatic rings. The van der Waals surface area contributed by atoms with E-state index < -0.39 is 10.0 Å². The molecule has 0 saturated carbocycles. The van der Waals surface area contributed by atoms with Gasteiger partial charge < -0.3 is 10.1 Å². The highest BCUT2D eigenvalue weighted by molar-refractivity contribution is 7.92. The van der Waals surface area contributed by atoms with Crippen LogP contribution in [-0.2, 0) is 25.8 Å². The minimum absolute atomic E-state index is 0.0623. The van der Waals surface area contributed by atoms with Crippen molar-refractivity contribution < 1.29 is 17.9 Å². The standard InChI is InChI=1S/C37H48N6O4S/c1-36(2,3)26-21-27(23-28(22-26)41-48(6,45)46)38-34(44)14-9-11-25-15-17-32(31-13-8-7-12-30(25)31)47-29-16-18-33-39-40-35(43(33)24-29)37(4)19-10-20-42(37)5/h7-8,12-13,16,18,21-25,32,41H,9-11,14-15,17,19-20H2,1-6H3,(H,38,44)/t25-,32+,37+/m0/s1. The predicted octanol–water partition coefficient (Wildman–Crippen LogP) is 7.15. The number of aromatic nitrogens is 3. The van der Waals surface area contributed by atoms with Crippen LogP contribution in [0.4, 0.5) is 11.4 Å². The van der Waals surface area contributed by atoms with E-state index >= 15 is 0 Å². The fraction of sp³-hybridized carbons (Fsp3) is 0.486. The van der Waals surface area contributed by atoms with Gasteiger partial charge in [0, 0.05) is 12.1 Å². The van der Waals surface area contributed by atoms with Gasteiger partial charge >= 0.3 is 0 Å². The molecule has 0 unspecified atom stereocenters. The van der Waals surface area contributed by atoms with E-state index in [0.29, 0.717) is 23.7 Å². The molecule has 48 heavy (non-hydrogen) atoms. The van der Waals surface area contributed by atoms with Crippen molar-refractivity contribution in [3.8, 4) is 5.75 Å². The van der Waals surface area contributed by atoms with Gasteiger partial charge in [0.15, 0.2) is 11.5 Å². The van der Waals surface area contributed by atoms with E-state index in [0.717, 1.165) is 74.1 Å². The van der Waals surface area contributed by atoms with Gasteiger partial charge in [0.05, 0.1) is 23.7 Å². The first-order valence-corrected chi connectivity index (χ1v) is 18.8. The molecule has 3 heterocycles. The lowest BCUT2D eigenvalue weighted by molar-refractivity contribution is -0.116. The topological polar surface area (TPSA) is 118 Å². The lowest BCUT2D eigenvalue weighted by Crippen LogP contribution is -2.37. The predicted molar refractivity (Wildman–Crippen MR) is 190 cm³/mol. The molecule has 2 N–H and O–H groups in total. The summed E-state index contributed by atoms with van der Waals surface area (Å²) >= 11 is 0. The number of ether oxygens (including phenoxy) is 1. The zero-order valence-electron chi connectivity index (χ0n) is 28.9. The molecular formula is C37H48N6O4S. The average molecular weight is 673 g/mol. The maximum atomic E-state index is 13.0. The number of nitrogens with one attached hydrogen (secondary N) is 2. The molecule has 256 valence electrons.